The van der Waals surface area contributed by atoms with Crippen LogP contribution < -0.4 is 10.6 Å². The second-order valence-corrected chi connectivity index (χ2v) is 5.53. The van der Waals surface area contributed by atoms with Crippen molar-refractivity contribution in [3.63, 3.8) is 0 Å². The molecule has 0 saturated carbocycles. The molecule has 134 valence electrons. The quantitative estimate of drug-likeness (QED) is 0.613. The van der Waals surface area contributed by atoms with Crippen molar-refractivity contribution in [3.05, 3.63) is 58.9 Å². The lowest BCUT2D eigenvalue weighted by Crippen LogP contribution is -2.31. The summed E-state index contributed by atoms with van der Waals surface area (Å²) >= 11 is 0. The van der Waals surface area contributed by atoms with Gasteiger partial charge >= 0.3 is 0 Å². The van der Waals surface area contributed by atoms with Crippen LogP contribution in [-0.4, -0.2) is 16.9 Å². The summed E-state index contributed by atoms with van der Waals surface area (Å²) in [6, 6.07) is 6.32. The number of halogens is 4. The van der Waals surface area contributed by atoms with E-state index in [1.165, 1.54) is 6.07 Å². The minimum atomic E-state index is -1.73. The van der Waals surface area contributed by atoms with Crippen molar-refractivity contribution in [1.82, 2.24) is 10.3 Å². The van der Waals surface area contributed by atoms with Crippen LogP contribution in [0.5, 0.6) is 0 Å². The molecular formula is C17H17F4N3O. The topological polar surface area (TPSA) is 54.0 Å². The van der Waals surface area contributed by atoms with E-state index in [1.54, 1.807) is 18.2 Å². The Morgan fingerprint density at radius 3 is 2.40 bits per heavy atom. The van der Waals surface area contributed by atoms with Crippen molar-refractivity contribution >= 4 is 11.6 Å². The molecule has 8 heteroatoms. The average Bonchev–Trinajstić information content (AvgIpc) is 2.60. The maximum Gasteiger partial charge on any atom is 0.253 e. The molecule has 1 heterocycles. The lowest BCUT2D eigenvalue weighted by atomic mass is 10.1. The first-order chi connectivity index (χ1) is 11.8. The van der Waals surface area contributed by atoms with E-state index in [4.69, 9.17) is 0 Å². The van der Waals surface area contributed by atoms with Crippen molar-refractivity contribution in [3.8, 4) is 0 Å². The van der Waals surface area contributed by atoms with Gasteiger partial charge in [0.1, 0.15) is 5.69 Å². The van der Waals surface area contributed by atoms with E-state index >= 15 is 0 Å². The number of carbonyl (C=O) groups excluding carboxylic acids is 1. The highest BCUT2D eigenvalue weighted by molar-refractivity contribution is 5.94. The van der Waals surface area contributed by atoms with Crippen molar-refractivity contribution in [2.24, 2.45) is 0 Å². The largest absolute Gasteiger partial charge is 0.376 e. The smallest absolute Gasteiger partial charge is 0.253 e. The van der Waals surface area contributed by atoms with E-state index < -0.39 is 29.2 Å². The Morgan fingerprint density at radius 1 is 1.16 bits per heavy atom. The second-order valence-electron chi connectivity index (χ2n) is 5.53. The number of hydrogen-bond donors (Lipinski definition) is 2. The van der Waals surface area contributed by atoms with E-state index in [-0.39, 0.29) is 18.5 Å². The summed E-state index contributed by atoms with van der Waals surface area (Å²) in [6.45, 7) is 3.66. The Labute approximate surface area is 142 Å². The van der Waals surface area contributed by atoms with E-state index in [2.05, 4.69) is 15.6 Å². The number of amides is 1. The van der Waals surface area contributed by atoms with Crippen LogP contribution in [0.1, 0.15) is 36.2 Å². The molecule has 4 nitrogen and oxygen atoms in total. The Kier molecular flexibility index (Phi) is 5.95. The van der Waals surface area contributed by atoms with E-state index in [0.29, 0.717) is 11.1 Å². The van der Waals surface area contributed by atoms with Gasteiger partial charge in [0, 0.05) is 18.2 Å². The van der Waals surface area contributed by atoms with E-state index in [1.807, 2.05) is 13.8 Å². The highest BCUT2D eigenvalue weighted by atomic mass is 19.2. The number of hydrogen-bond acceptors (Lipinski definition) is 3. The van der Waals surface area contributed by atoms with Gasteiger partial charge in [-0.15, -0.1) is 0 Å². The molecule has 0 aliphatic rings. The van der Waals surface area contributed by atoms with Gasteiger partial charge in [0.25, 0.3) is 17.8 Å². The molecule has 25 heavy (non-hydrogen) atoms. The first-order valence-corrected chi connectivity index (χ1v) is 7.67. The predicted octanol–water partition coefficient (Wildman–Crippen LogP) is 3.78. The lowest BCUT2D eigenvalue weighted by molar-refractivity contribution is 0.0939. The van der Waals surface area contributed by atoms with Crippen LogP contribution >= 0.6 is 0 Å². The van der Waals surface area contributed by atoms with Gasteiger partial charge in [0.05, 0.1) is 0 Å². The number of aromatic nitrogens is 1. The predicted molar refractivity (Wildman–Crippen MR) is 85.1 cm³/mol. The number of pyridine rings is 1. The Morgan fingerprint density at radius 2 is 1.80 bits per heavy atom. The minimum absolute atomic E-state index is 0.000224. The molecule has 1 aromatic heterocycles. The fourth-order valence-electron chi connectivity index (χ4n) is 2.06. The fraction of sp³-hybridized carbons (Fsp3) is 0.294. The molecule has 0 saturated heterocycles. The van der Waals surface area contributed by atoms with Crippen LogP contribution in [0.4, 0.5) is 23.2 Å². The highest BCUT2D eigenvalue weighted by Crippen LogP contribution is 2.22. The molecule has 0 bridgehead atoms. The molecule has 0 spiro atoms. The maximum absolute atomic E-state index is 13.6. The Balaban J connectivity index is 2.15. The number of nitrogens with one attached hydrogen (secondary N) is 2. The SMILES string of the molecule is CCC(C)NC(=O)c1cccc(CNc2c(F)c(F)nc(F)c2F)c1. The molecule has 2 N–H and O–H groups in total. The van der Waals surface area contributed by atoms with Crippen LogP contribution in [0.25, 0.3) is 0 Å². The van der Waals surface area contributed by atoms with Crippen LogP contribution in [0.2, 0.25) is 0 Å². The Hall–Kier alpha value is -2.64. The van der Waals surface area contributed by atoms with Gasteiger partial charge in [-0.05, 0) is 31.0 Å². The first kappa shape index (κ1) is 18.7. The third-order valence-electron chi connectivity index (χ3n) is 3.65. The number of anilines is 1. The molecule has 0 radical (unpaired) electrons. The van der Waals surface area contributed by atoms with Gasteiger partial charge in [0.15, 0.2) is 0 Å². The highest BCUT2D eigenvalue weighted by Gasteiger charge is 2.20. The minimum Gasteiger partial charge on any atom is -0.376 e. The lowest BCUT2D eigenvalue weighted by Gasteiger charge is -2.13. The summed E-state index contributed by atoms with van der Waals surface area (Å²) in [5, 5.41) is 5.09. The van der Waals surface area contributed by atoms with Crippen molar-refractivity contribution in [1.29, 1.82) is 0 Å². The average molecular weight is 355 g/mol. The molecule has 1 atom stereocenters. The number of carbonyl (C=O) groups is 1. The first-order valence-electron chi connectivity index (χ1n) is 7.67. The molecular weight excluding hydrogens is 338 g/mol. The van der Waals surface area contributed by atoms with Crippen LogP contribution in [0.3, 0.4) is 0 Å². The fourth-order valence-corrected chi connectivity index (χ4v) is 2.06. The Bertz CT molecular complexity index is 756. The van der Waals surface area contributed by atoms with Gasteiger partial charge in [-0.1, -0.05) is 19.1 Å². The monoisotopic (exact) mass is 355 g/mol. The summed E-state index contributed by atoms with van der Waals surface area (Å²) in [4.78, 5) is 14.6. The van der Waals surface area contributed by atoms with Crippen molar-refractivity contribution in [2.75, 3.05) is 5.32 Å². The van der Waals surface area contributed by atoms with Crippen molar-refractivity contribution < 1.29 is 22.4 Å². The van der Waals surface area contributed by atoms with Gasteiger partial charge in [-0.25, -0.2) is 0 Å². The number of benzene rings is 1. The summed E-state index contributed by atoms with van der Waals surface area (Å²) in [6.07, 6.45) is 0.769. The van der Waals surface area contributed by atoms with Crippen LogP contribution in [0.15, 0.2) is 24.3 Å². The molecule has 0 aliphatic heterocycles. The summed E-state index contributed by atoms with van der Waals surface area (Å²) in [7, 11) is 0. The third-order valence-corrected chi connectivity index (χ3v) is 3.65. The second kappa shape index (κ2) is 7.96. The van der Waals surface area contributed by atoms with Gasteiger partial charge < -0.3 is 10.6 Å². The summed E-state index contributed by atoms with van der Waals surface area (Å²) in [5.74, 6) is -6.96. The standard InChI is InChI=1S/C17H17F4N3O/c1-3-9(2)23-17(25)11-6-4-5-10(7-11)8-22-14-12(18)15(20)24-16(21)13(14)19/h4-7,9H,3,8H2,1-2H3,(H,22,24)(H,23,25). The van der Waals surface area contributed by atoms with E-state index in [0.717, 1.165) is 6.42 Å². The van der Waals surface area contributed by atoms with Gasteiger partial charge in [-0.3, -0.25) is 4.79 Å². The number of rotatable bonds is 6. The van der Waals surface area contributed by atoms with Gasteiger partial charge in [0.2, 0.25) is 11.6 Å². The van der Waals surface area contributed by atoms with E-state index in [9.17, 15) is 22.4 Å². The molecule has 1 amide bonds. The zero-order chi connectivity index (χ0) is 18.6. The summed E-state index contributed by atoms with van der Waals surface area (Å²) in [5.41, 5.74) is -0.0691. The van der Waals surface area contributed by atoms with Crippen LogP contribution in [0, 0.1) is 23.5 Å². The molecule has 0 fully saturated rings. The molecule has 2 aromatic rings. The molecule has 2 rings (SSSR count). The van der Waals surface area contributed by atoms with Crippen molar-refractivity contribution in [2.45, 2.75) is 32.9 Å². The summed E-state index contributed by atoms with van der Waals surface area (Å²) < 4.78 is 53.3. The van der Waals surface area contributed by atoms with Gasteiger partial charge in [-0.2, -0.15) is 22.5 Å². The normalized spacial score (nSPS) is 11.9. The number of nitrogens with zero attached hydrogens (tertiary/aromatic N) is 1. The maximum atomic E-state index is 13.6. The zero-order valence-corrected chi connectivity index (χ0v) is 13.7. The zero-order valence-electron chi connectivity index (χ0n) is 13.7. The molecule has 1 unspecified atom stereocenters. The molecule has 0 aliphatic carbocycles. The molecule has 1 aromatic carbocycles. The third kappa shape index (κ3) is 4.46. The van der Waals surface area contributed by atoms with Crippen LogP contribution in [-0.2, 0) is 6.54 Å².